The molecule has 0 spiro atoms. The third-order valence-corrected chi connectivity index (χ3v) is 4.29. The van der Waals surface area contributed by atoms with Crippen LogP contribution in [0.15, 0.2) is 0 Å². The molecule has 114 valence electrons. The first-order valence-electron chi connectivity index (χ1n) is 7.75. The average Bonchev–Trinajstić information content (AvgIpc) is 2.40. The number of alkyl carbamates (subject to hydrolysis) is 1. The van der Waals surface area contributed by atoms with Gasteiger partial charge in [0.15, 0.2) is 0 Å². The minimum Gasteiger partial charge on any atom is -0.453 e. The third kappa shape index (κ3) is 6.31. The van der Waals surface area contributed by atoms with Crippen LogP contribution in [0.5, 0.6) is 0 Å². The van der Waals surface area contributed by atoms with Crippen LogP contribution in [0.4, 0.5) is 4.79 Å². The fourth-order valence-electron chi connectivity index (χ4n) is 2.84. The molecule has 0 aliphatic heterocycles. The zero-order chi connectivity index (χ0) is 14.9. The first-order valence-corrected chi connectivity index (χ1v) is 7.75. The molecule has 3 nitrogen and oxygen atoms in total. The molecule has 0 aliphatic carbocycles. The molecule has 0 aromatic carbocycles. The van der Waals surface area contributed by atoms with Gasteiger partial charge in [0.25, 0.3) is 0 Å². The number of hydrogen-bond acceptors (Lipinski definition) is 2. The van der Waals surface area contributed by atoms with Gasteiger partial charge < -0.3 is 10.1 Å². The van der Waals surface area contributed by atoms with E-state index in [2.05, 4.69) is 39.9 Å². The topological polar surface area (TPSA) is 38.3 Å². The Morgan fingerprint density at radius 1 is 1.21 bits per heavy atom. The second-order valence-corrected chi connectivity index (χ2v) is 6.18. The number of hydrogen-bond donors (Lipinski definition) is 1. The molecule has 3 heteroatoms. The zero-order valence-electron chi connectivity index (χ0n) is 13.7. The second-order valence-electron chi connectivity index (χ2n) is 6.18. The van der Waals surface area contributed by atoms with E-state index in [9.17, 15) is 4.79 Å². The summed E-state index contributed by atoms with van der Waals surface area (Å²) in [5.74, 6) is 0.412. The van der Waals surface area contributed by atoms with Gasteiger partial charge in [-0.3, -0.25) is 0 Å². The van der Waals surface area contributed by atoms with E-state index in [-0.39, 0.29) is 17.6 Å². The number of amides is 1. The molecule has 0 heterocycles. The summed E-state index contributed by atoms with van der Waals surface area (Å²) in [4.78, 5) is 11.5. The van der Waals surface area contributed by atoms with Gasteiger partial charge in [-0.05, 0) is 24.2 Å². The van der Waals surface area contributed by atoms with Crippen molar-refractivity contribution in [3.05, 3.63) is 0 Å². The minimum atomic E-state index is -0.313. The molecule has 1 N–H and O–H groups in total. The van der Waals surface area contributed by atoms with E-state index in [0.717, 1.165) is 12.8 Å². The van der Waals surface area contributed by atoms with Crippen molar-refractivity contribution < 1.29 is 9.53 Å². The summed E-state index contributed by atoms with van der Waals surface area (Å²) >= 11 is 0. The lowest BCUT2D eigenvalue weighted by atomic mass is 9.71. The molecule has 0 radical (unpaired) electrons. The fraction of sp³-hybridized carbons (Fsp3) is 0.938. The highest BCUT2D eigenvalue weighted by atomic mass is 16.5. The Labute approximate surface area is 119 Å². The Balaban J connectivity index is 4.64. The predicted octanol–water partition coefficient (Wildman–Crippen LogP) is 4.75. The van der Waals surface area contributed by atoms with E-state index in [0.29, 0.717) is 5.92 Å². The minimum absolute atomic E-state index is 0.149. The lowest BCUT2D eigenvalue weighted by Crippen LogP contribution is -2.49. The molecule has 0 aromatic rings. The molecule has 0 aromatic heterocycles. The normalized spacial score (nSPS) is 15.9. The monoisotopic (exact) mass is 271 g/mol. The summed E-state index contributed by atoms with van der Waals surface area (Å²) in [5, 5.41) is 3.04. The fourth-order valence-corrected chi connectivity index (χ4v) is 2.84. The van der Waals surface area contributed by atoms with E-state index in [1.165, 1.54) is 32.8 Å². The number of carbonyl (C=O) groups is 1. The van der Waals surface area contributed by atoms with Crippen LogP contribution in [0, 0.1) is 11.3 Å². The standard InChI is InChI=1S/C16H33NO2/c1-7-9-10-11-12-16(5,8-2)14(13(3)4)17-15(18)19-6/h13-14H,7-12H2,1-6H3,(H,17,18)/t14-,16?/m0/s1. The number of methoxy groups -OCH3 is 1. The summed E-state index contributed by atoms with van der Waals surface area (Å²) in [5.41, 5.74) is 0.149. The van der Waals surface area contributed by atoms with Crippen LogP contribution in [-0.4, -0.2) is 19.2 Å². The van der Waals surface area contributed by atoms with Gasteiger partial charge in [-0.15, -0.1) is 0 Å². The molecule has 1 amide bonds. The molecule has 0 aliphatic rings. The number of ether oxygens (including phenoxy) is 1. The van der Waals surface area contributed by atoms with Gasteiger partial charge in [-0.2, -0.15) is 0 Å². The van der Waals surface area contributed by atoms with Crippen molar-refractivity contribution in [3.63, 3.8) is 0 Å². The van der Waals surface area contributed by atoms with Crippen LogP contribution in [-0.2, 0) is 4.74 Å². The van der Waals surface area contributed by atoms with Gasteiger partial charge in [0.05, 0.1) is 7.11 Å². The highest BCUT2D eigenvalue weighted by molar-refractivity contribution is 5.67. The van der Waals surface area contributed by atoms with E-state index >= 15 is 0 Å². The Kier molecular flexibility index (Phi) is 8.86. The van der Waals surface area contributed by atoms with Crippen molar-refractivity contribution in [2.24, 2.45) is 11.3 Å². The van der Waals surface area contributed by atoms with Crippen LogP contribution >= 0.6 is 0 Å². The van der Waals surface area contributed by atoms with Crippen LogP contribution in [0.1, 0.15) is 73.1 Å². The number of nitrogens with one attached hydrogen (secondary N) is 1. The van der Waals surface area contributed by atoms with Crippen molar-refractivity contribution in [3.8, 4) is 0 Å². The summed E-state index contributed by atoms with van der Waals surface area (Å²) < 4.78 is 4.76. The highest BCUT2D eigenvalue weighted by Crippen LogP contribution is 2.36. The molecule has 0 fully saturated rings. The Bertz CT molecular complexity index is 253. The van der Waals surface area contributed by atoms with E-state index in [1.54, 1.807) is 0 Å². The molecule has 0 saturated heterocycles. The molecular formula is C16H33NO2. The summed E-state index contributed by atoms with van der Waals surface area (Å²) in [7, 11) is 1.43. The van der Waals surface area contributed by atoms with Crippen molar-refractivity contribution in [1.82, 2.24) is 5.32 Å². The van der Waals surface area contributed by atoms with Gasteiger partial charge in [0.2, 0.25) is 0 Å². The van der Waals surface area contributed by atoms with Gasteiger partial charge in [0, 0.05) is 6.04 Å². The summed E-state index contributed by atoms with van der Waals surface area (Å²) in [6.07, 6.45) is 7.02. The van der Waals surface area contributed by atoms with Gasteiger partial charge in [0.1, 0.15) is 0 Å². The first-order chi connectivity index (χ1) is 8.91. The second kappa shape index (κ2) is 9.22. The zero-order valence-corrected chi connectivity index (χ0v) is 13.7. The van der Waals surface area contributed by atoms with Gasteiger partial charge in [-0.1, -0.05) is 60.3 Å². The quantitative estimate of drug-likeness (QED) is 0.614. The maximum absolute atomic E-state index is 11.5. The molecule has 1 unspecified atom stereocenters. The number of rotatable bonds is 9. The Hall–Kier alpha value is -0.730. The molecule has 0 bridgehead atoms. The third-order valence-electron chi connectivity index (χ3n) is 4.29. The molecular weight excluding hydrogens is 238 g/mol. The van der Waals surface area contributed by atoms with Crippen LogP contribution < -0.4 is 5.32 Å². The molecule has 0 rings (SSSR count). The van der Waals surface area contributed by atoms with E-state index < -0.39 is 0 Å². The van der Waals surface area contributed by atoms with Gasteiger partial charge >= 0.3 is 6.09 Å². The molecule has 2 atom stereocenters. The molecule has 19 heavy (non-hydrogen) atoms. The number of unbranched alkanes of at least 4 members (excludes halogenated alkanes) is 3. The largest absolute Gasteiger partial charge is 0.453 e. The maximum atomic E-state index is 11.5. The van der Waals surface area contributed by atoms with E-state index in [1.807, 2.05) is 0 Å². The number of carbonyl (C=O) groups excluding carboxylic acids is 1. The van der Waals surface area contributed by atoms with Crippen molar-refractivity contribution in [2.75, 3.05) is 7.11 Å². The Morgan fingerprint density at radius 3 is 2.26 bits per heavy atom. The lowest BCUT2D eigenvalue weighted by molar-refractivity contribution is 0.118. The van der Waals surface area contributed by atoms with E-state index in [4.69, 9.17) is 4.74 Å². The Morgan fingerprint density at radius 2 is 1.84 bits per heavy atom. The lowest BCUT2D eigenvalue weighted by Gasteiger charge is -2.40. The van der Waals surface area contributed by atoms with Crippen molar-refractivity contribution in [2.45, 2.75) is 79.2 Å². The SMILES string of the molecule is CCCCCCC(C)(CC)[C@@H](NC(=O)OC)C(C)C. The maximum Gasteiger partial charge on any atom is 0.407 e. The van der Waals surface area contributed by atoms with Crippen LogP contribution in [0.25, 0.3) is 0 Å². The smallest absolute Gasteiger partial charge is 0.407 e. The van der Waals surface area contributed by atoms with Gasteiger partial charge in [-0.25, -0.2) is 4.79 Å². The predicted molar refractivity (Wildman–Crippen MR) is 81.3 cm³/mol. The average molecular weight is 271 g/mol. The van der Waals surface area contributed by atoms with Crippen molar-refractivity contribution >= 4 is 6.09 Å². The van der Waals surface area contributed by atoms with Crippen LogP contribution in [0.3, 0.4) is 0 Å². The molecule has 0 saturated carbocycles. The highest BCUT2D eigenvalue weighted by Gasteiger charge is 2.35. The summed E-state index contributed by atoms with van der Waals surface area (Å²) in [6, 6.07) is 0.173. The first kappa shape index (κ1) is 18.3. The summed E-state index contributed by atoms with van der Waals surface area (Å²) in [6.45, 7) is 11.1. The van der Waals surface area contributed by atoms with Crippen molar-refractivity contribution in [1.29, 1.82) is 0 Å². The van der Waals surface area contributed by atoms with Crippen LogP contribution in [0.2, 0.25) is 0 Å².